The van der Waals surface area contributed by atoms with Gasteiger partial charge >= 0.3 is 0 Å². The van der Waals surface area contributed by atoms with Crippen LogP contribution in [0.4, 0.5) is 0 Å². The second kappa shape index (κ2) is 5.02. The summed E-state index contributed by atoms with van der Waals surface area (Å²) in [6.07, 6.45) is 11.6. The average Bonchev–Trinajstić information content (AvgIpc) is 2.15. The molecule has 1 aliphatic carbocycles. The maximum atomic E-state index is 5.12. The molecule has 0 spiro atoms. The average molecular weight is 166 g/mol. The Morgan fingerprint density at radius 3 is 2.92 bits per heavy atom. The molecular weight excluding hydrogens is 148 g/mol. The molecule has 0 saturated carbocycles. The Bertz CT molecular complexity index is 179. The van der Waals surface area contributed by atoms with Gasteiger partial charge in [0, 0.05) is 0 Å². The lowest BCUT2D eigenvalue weighted by Crippen LogP contribution is -2.00. The topological polar surface area (TPSA) is 9.23 Å². The van der Waals surface area contributed by atoms with Gasteiger partial charge in [-0.05, 0) is 30.9 Å². The van der Waals surface area contributed by atoms with Crippen LogP contribution in [0.15, 0.2) is 24.0 Å². The highest BCUT2D eigenvalue weighted by Gasteiger charge is 2.07. The van der Waals surface area contributed by atoms with E-state index in [-0.39, 0.29) is 0 Å². The van der Waals surface area contributed by atoms with Crippen LogP contribution in [-0.2, 0) is 4.74 Å². The number of rotatable bonds is 4. The van der Waals surface area contributed by atoms with Gasteiger partial charge in [-0.25, -0.2) is 0 Å². The minimum atomic E-state index is 0.754. The number of methoxy groups -OCH3 is 1. The molecule has 0 aliphatic heterocycles. The molecule has 1 atom stereocenters. The molecule has 0 fully saturated rings. The van der Waals surface area contributed by atoms with Gasteiger partial charge in [0.05, 0.1) is 7.11 Å². The van der Waals surface area contributed by atoms with Crippen LogP contribution >= 0.6 is 0 Å². The zero-order valence-electron chi connectivity index (χ0n) is 8.05. The second-order valence-corrected chi connectivity index (χ2v) is 3.31. The largest absolute Gasteiger partial charge is 0.497 e. The van der Waals surface area contributed by atoms with Crippen molar-refractivity contribution in [1.29, 1.82) is 0 Å². The van der Waals surface area contributed by atoms with Crippen LogP contribution in [0.25, 0.3) is 0 Å². The van der Waals surface area contributed by atoms with Crippen LogP contribution in [0.5, 0.6) is 0 Å². The molecule has 0 aromatic heterocycles. The Balaban J connectivity index is 2.28. The summed E-state index contributed by atoms with van der Waals surface area (Å²) in [5.74, 6) is 1.77. The molecule has 12 heavy (non-hydrogen) atoms. The summed E-state index contributed by atoms with van der Waals surface area (Å²) in [6, 6.07) is 0. The summed E-state index contributed by atoms with van der Waals surface area (Å²) in [6.45, 7) is 2.24. The zero-order chi connectivity index (χ0) is 8.81. The Morgan fingerprint density at radius 1 is 1.58 bits per heavy atom. The summed E-state index contributed by atoms with van der Waals surface area (Å²) in [5.41, 5.74) is 0. The van der Waals surface area contributed by atoms with Gasteiger partial charge < -0.3 is 4.74 Å². The van der Waals surface area contributed by atoms with Crippen molar-refractivity contribution in [3.05, 3.63) is 24.0 Å². The van der Waals surface area contributed by atoms with E-state index in [1.165, 1.54) is 19.3 Å². The first kappa shape index (κ1) is 9.37. The summed E-state index contributed by atoms with van der Waals surface area (Å²) in [5, 5.41) is 0. The molecule has 1 heteroatoms. The van der Waals surface area contributed by atoms with Crippen molar-refractivity contribution >= 4 is 0 Å². The van der Waals surface area contributed by atoms with Gasteiger partial charge in [-0.1, -0.05) is 25.8 Å². The lowest BCUT2D eigenvalue weighted by atomic mass is 9.94. The standard InChI is InChI=1S/C11H18O/c1-3-4-5-10-6-8-11(12-2)9-7-10/h6,8-10H,3-5,7H2,1-2H3. The van der Waals surface area contributed by atoms with Crippen LogP contribution in [0, 0.1) is 5.92 Å². The SMILES string of the molecule is CCCCC1C=CC(OC)=CC1. The van der Waals surface area contributed by atoms with Crippen LogP contribution in [0.3, 0.4) is 0 Å². The molecule has 0 heterocycles. The van der Waals surface area contributed by atoms with Crippen molar-refractivity contribution in [2.75, 3.05) is 7.11 Å². The Morgan fingerprint density at radius 2 is 2.42 bits per heavy atom. The number of allylic oxidation sites excluding steroid dienone is 3. The number of ether oxygens (including phenoxy) is 1. The van der Waals surface area contributed by atoms with E-state index in [1.54, 1.807) is 7.11 Å². The van der Waals surface area contributed by atoms with E-state index >= 15 is 0 Å². The van der Waals surface area contributed by atoms with E-state index in [9.17, 15) is 0 Å². The second-order valence-electron chi connectivity index (χ2n) is 3.31. The van der Waals surface area contributed by atoms with Gasteiger partial charge in [0.15, 0.2) is 0 Å². The predicted molar refractivity (Wildman–Crippen MR) is 51.9 cm³/mol. The van der Waals surface area contributed by atoms with E-state index < -0.39 is 0 Å². The van der Waals surface area contributed by atoms with Crippen molar-refractivity contribution in [2.24, 2.45) is 5.92 Å². The third kappa shape index (κ3) is 2.72. The van der Waals surface area contributed by atoms with Gasteiger partial charge in [0.2, 0.25) is 0 Å². The van der Waals surface area contributed by atoms with E-state index in [0.29, 0.717) is 0 Å². The molecule has 0 aromatic rings. The first-order valence-corrected chi connectivity index (χ1v) is 4.79. The lowest BCUT2D eigenvalue weighted by molar-refractivity contribution is 0.300. The molecule has 68 valence electrons. The van der Waals surface area contributed by atoms with Gasteiger partial charge in [0.1, 0.15) is 5.76 Å². The maximum Gasteiger partial charge on any atom is 0.114 e. The van der Waals surface area contributed by atoms with Crippen LogP contribution in [-0.4, -0.2) is 7.11 Å². The monoisotopic (exact) mass is 166 g/mol. The number of unbranched alkanes of at least 4 members (excludes halogenated alkanes) is 1. The molecule has 1 nitrogen and oxygen atoms in total. The quantitative estimate of drug-likeness (QED) is 0.622. The first-order chi connectivity index (χ1) is 5.86. The fraction of sp³-hybridized carbons (Fsp3) is 0.636. The fourth-order valence-electron chi connectivity index (χ4n) is 1.48. The van der Waals surface area contributed by atoms with Gasteiger partial charge in [-0.3, -0.25) is 0 Å². The minimum absolute atomic E-state index is 0.754. The Labute approximate surface area is 75.1 Å². The highest BCUT2D eigenvalue weighted by molar-refractivity contribution is 5.17. The van der Waals surface area contributed by atoms with E-state index in [0.717, 1.165) is 18.1 Å². The third-order valence-electron chi connectivity index (χ3n) is 2.32. The van der Waals surface area contributed by atoms with Crippen molar-refractivity contribution in [3.63, 3.8) is 0 Å². The highest BCUT2D eigenvalue weighted by atomic mass is 16.5. The van der Waals surface area contributed by atoms with Crippen molar-refractivity contribution in [2.45, 2.75) is 32.6 Å². The van der Waals surface area contributed by atoms with Gasteiger partial charge in [-0.15, -0.1) is 0 Å². The van der Waals surface area contributed by atoms with Crippen molar-refractivity contribution in [1.82, 2.24) is 0 Å². The molecule has 0 saturated heterocycles. The predicted octanol–water partition coefficient (Wildman–Crippen LogP) is 3.28. The highest BCUT2D eigenvalue weighted by Crippen LogP contribution is 2.21. The fourth-order valence-corrected chi connectivity index (χ4v) is 1.48. The number of hydrogen-bond acceptors (Lipinski definition) is 1. The first-order valence-electron chi connectivity index (χ1n) is 4.79. The maximum absolute atomic E-state index is 5.12. The van der Waals surface area contributed by atoms with Crippen LogP contribution < -0.4 is 0 Å². The molecular formula is C11H18O. The van der Waals surface area contributed by atoms with Gasteiger partial charge in [0.25, 0.3) is 0 Å². The molecule has 0 N–H and O–H groups in total. The lowest BCUT2D eigenvalue weighted by Gasteiger charge is -2.14. The van der Waals surface area contributed by atoms with Crippen LogP contribution in [0.1, 0.15) is 32.6 Å². The third-order valence-corrected chi connectivity index (χ3v) is 2.32. The van der Waals surface area contributed by atoms with Gasteiger partial charge in [-0.2, -0.15) is 0 Å². The molecule has 1 rings (SSSR count). The summed E-state index contributed by atoms with van der Waals surface area (Å²) < 4.78 is 5.12. The molecule has 1 unspecified atom stereocenters. The summed E-state index contributed by atoms with van der Waals surface area (Å²) in [7, 11) is 1.72. The summed E-state index contributed by atoms with van der Waals surface area (Å²) in [4.78, 5) is 0. The van der Waals surface area contributed by atoms with Crippen molar-refractivity contribution < 1.29 is 4.74 Å². The van der Waals surface area contributed by atoms with Crippen molar-refractivity contribution in [3.8, 4) is 0 Å². The Kier molecular flexibility index (Phi) is 3.92. The van der Waals surface area contributed by atoms with E-state index in [4.69, 9.17) is 4.74 Å². The summed E-state index contributed by atoms with van der Waals surface area (Å²) >= 11 is 0. The number of hydrogen-bond donors (Lipinski definition) is 0. The smallest absolute Gasteiger partial charge is 0.114 e. The van der Waals surface area contributed by atoms with E-state index in [2.05, 4.69) is 25.2 Å². The molecule has 0 amide bonds. The molecule has 0 bridgehead atoms. The van der Waals surface area contributed by atoms with Crippen LogP contribution in [0.2, 0.25) is 0 Å². The zero-order valence-corrected chi connectivity index (χ0v) is 8.05. The molecule has 0 aromatic carbocycles. The Hall–Kier alpha value is -0.720. The minimum Gasteiger partial charge on any atom is -0.497 e. The van der Waals surface area contributed by atoms with E-state index in [1.807, 2.05) is 0 Å². The molecule has 1 aliphatic rings. The normalized spacial score (nSPS) is 22.2. The molecule has 0 radical (unpaired) electrons.